The van der Waals surface area contributed by atoms with Crippen molar-refractivity contribution in [2.75, 3.05) is 0 Å². The number of fused-ring (bicyclic) bond motifs is 11. The van der Waals surface area contributed by atoms with Crippen molar-refractivity contribution in [3.63, 3.8) is 0 Å². The van der Waals surface area contributed by atoms with Crippen molar-refractivity contribution in [3.05, 3.63) is 133 Å². The van der Waals surface area contributed by atoms with Gasteiger partial charge in [0, 0.05) is 16.2 Å². The van der Waals surface area contributed by atoms with Crippen LogP contribution in [0.5, 0.6) is 0 Å². The van der Waals surface area contributed by atoms with Gasteiger partial charge in [-0.1, -0.05) is 109 Å². The van der Waals surface area contributed by atoms with Crippen LogP contribution in [0.1, 0.15) is 0 Å². The van der Waals surface area contributed by atoms with Crippen molar-refractivity contribution in [2.24, 2.45) is 0 Å². The van der Waals surface area contributed by atoms with Gasteiger partial charge < -0.3 is 4.42 Å². The first-order chi connectivity index (χ1) is 19.8. The smallest absolute Gasteiger partial charge is 0.160 e. The second-order valence-electron chi connectivity index (χ2n) is 10.4. The molecule has 0 spiro atoms. The number of imidazole rings is 1. The van der Waals surface area contributed by atoms with E-state index in [1.165, 1.54) is 27.5 Å². The lowest BCUT2D eigenvalue weighted by Gasteiger charge is -2.09. The van der Waals surface area contributed by atoms with Crippen LogP contribution in [0.3, 0.4) is 0 Å². The summed E-state index contributed by atoms with van der Waals surface area (Å²) < 4.78 is 8.82. The standard InChI is InChI=1S/C37H22N2O/c1-2-10-27-24(8-1)9-7-13-28(27)25-18-16-23(17-19-25)26-20-21-34-31(22-26)35-36(40-34)29-11-3-4-12-30(29)37-38-32-14-5-6-15-33(32)39(35)37/h1-22H. The lowest BCUT2D eigenvalue weighted by atomic mass is 9.96. The Morgan fingerprint density at radius 1 is 0.525 bits per heavy atom. The van der Waals surface area contributed by atoms with Crippen molar-refractivity contribution in [3.8, 4) is 22.3 Å². The molecular formula is C37H22N2O. The molecule has 0 aliphatic carbocycles. The van der Waals surface area contributed by atoms with Crippen LogP contribution >= 0.6 is 0 Å². The number of furan rings is 1. The second kappa shape index (κ2) is 8.05. The van der Waals surface area contributed by atoms with Crippen LogP contribution in [0, 0.1) is 0 Å². The third-order valence-corrected chi connectivity index (χ3v) is 8.18. The number of pyridine rings is 1. The van der Waals surface area contributed by atoms with Gasteiger partial charge in [-0.05, 0) is 57.3 Å². The van der Waals surface area contributed by atoms with Crippen molar-refractivity contribution in [1.29, 1.82) is 0 Å². The van der Waals surface area contributed by atoms with Crippen molar-refractivity contribution in [1.82, 2.24) is 9.38 Å². The van der Waals surface area contributed by atoms with Crippen LogP contribution in [0.25, 0.3) is 82.5 Å². The van der Waals surface area contributed by atoms with E-state index in [1.54, 1.807) is 0 Å². The Balaban J connectivity index is 1.27. The Labute approximate surface area is 229 Å². The van der Waals surface area contributed by atoms with Gasteiger partial charge in [-0.3, -0.25) is 4.40 Å². The van der Waals surface area contributed by atoms with Crippen LogP contribution in [0.2, 0.25) is 0 Å². The van der Waals surface area contributed by atoms with Gasteiger partial charge in [0.05, 0.1) is 11.0 Å². The molecule has 9 aromatic rings. The molecule has 0 aliphatic rings. The summed E-state index contributed by atoms with van der Waals surface area (Å²) in [5.41, 5.74) is 10.7. The van der Waals surface area contributed by atoms with Crippen LogP contribution in [0.15, 0.2) is 138 Å². The molecule has 3 nitrogen and oxygen atoms in total. The lowest BCUT2D eigenvalue weighted by Crippen LogP contribution is -1.89. The quantitative estimate of drug-likeness (QED) is 0.232. The zero-order chi connectivity index (χ0) is 26.2. The molecule has 0 atom stereocenters. The molecule has 0 bridgehead atoms. The maximum absolute atomic E-state index is 6.55. The zero-order valence-corrected chi connectivity index (χ0v) is 21.5. The molecule has 0 aliphatic heterocycles. The first kappa shape index (κ1) is 21.5. The maximum Gasteiger partial charge on any atom is 0.160 e. The summed E-state index contributed by atoms with van der Waals surface area (Å²) in [5.74, 6) is 0. The number of para-hydroxylation sites is 2. The van der Waals surface area contributed by atoms with Crippen LogP contribution in [-0.2, 0) is 0 Å². The van der Waals surface area contributed by atoms with E-state index in [0.717, 1.165) is 55.1 Å². The minimum absolute atomic E-state index is 0.876. The summed E-state index contributed by atoms with van der Waals surface area (Å²) in [6.07, 6.45) is 0. The lowest BCUT2D eigenvalue weighted by molar-refractivity contribution is 0.672. The minimum Gasteiger partial charge on any atom is -0.454 e. The van der Waals surface area contributed by atoms with Gasteiger partial charge in [-0.15, -0.1) is 0 Å². The predicted octanol–water partition coefficient (Wildman–Crippen LogP) is 10.0. The monoisotopic (exact) mass is 510 g/mol. The van der Waals surface area contributed by atoms with E-state index in [-0.39, 0.29) is 0 Å². The molecule has 0 amide bonds. The molecule has 0 fully saturated rings. The van der Waals surface area contributed by atoms with Gasteiger partial charge >= 0.3 is 0 Å². The fourth-order valence-corrected chi connectivity index (χ4v) is 6.30. The Bertz CT molecular complexity index is 2420. The highest BCUT2D eigenvalue weighted by Crippen LogP contribution is 2.39. The highest BCUT2D eigenvalue weighted by atomic mass is 16.3. The minimum atomic E-state index is 0.876. The van der Waals surface area contributed by atoms with E-state index >= 15 is 0 Å². The molecule has 0 unspecified atom stereocenters. The molecule has 0 radical (unpaired) electrons. The van der Waals surface area contributed by atoms with Gasteiger partial charge in [0.25, 0.3) is 0 Å². The number of rotatable bonds is 2. The van der Waals surface area contributed by atoms with Gasteiger partial charge in [-0.25, -0.2) is 4.98 Å². The van der Waals surface area contributed by atoms with Crippen LogP contribution < -0.4 is 0 Å². The van der Waals surface area contributed by atoms with E-state index in [1.807, 2.05) is 6.07 Å². The largest absolute Gasteiger partial charge is 0.454 e. The number of hydrogen-bond acceptors (Lipinski definition) is 2. The number of nitrogens with zero attached hydrogens (tertiary/aromatic N) is 2. The van der Waals surface area contributed by atoms with Crippen molar-refractivity contribution < 1.29 is 4.42 Å². The fraction of sp³-hybridized carbons (Fsp3) is 0. The number of benzene rings is 6. The van der Waals surface area contributed by atoms with Gasteiger partial charge in [-0.2, -0.15) is 0 Å². The highest BCUT2D eigenvalue weighted by molar-refractivity contribution is 6.19. The molecule has 0 N–H and O–H groups in total. The van der Waals surface area contributed by atoms with E-state index < -0.39 is 0 Å². The normalized spacial score (nSPS) is 12.0. The first-order valence-electron chi connectivity index (χ1n) is 13.6. The van der Waals surface area contributed by atoms with Crippen molar-refractivity contribution in [2.45, 2.75) is 0 Å². The summed E-state index contributed by atoms with van der Waals surface area (Å²) in [6, 6.07) is 47.2. The number of hydrogen-bond donors (Lipinski definition) is 0. The topological polar surface area (TPSA) is 30.4 Å². The van der Waals surface area contributed by atoms with Gasteiger partial charge in [0.1, 0.15) is 16.7 Å². The summed E-state index contributed by atoms with van der Waals surface area (Å²) >= 11 is 0. The first-order valence-corrected chi connectivity index (χ1v) is 13.6. The van der Waals surface area contributed by atoms with E-state index in [4.69, 9.17) is 9.40 Å². The average Bonchev–Trinajstić information content (AvgIpc) is 3.60. The van der Waals surface area contributed by atoms with Crippen molar-refractivity contribution >= 4 is 60.3 Å². The van der Waals surface area contributed by atoms with Crippen LogP contribution in [-0.4, -0.2) is 9.38 Å². The second-order valence-corrected chi connectivity index (χ2v) is 10.4. The average molecular weight is 511 g/mol. The Morgan fingerprint density at radius 2 is 1.23 bits per heavy atom. The Kier molecular flexibility index (Phi) is 4.33. The molecule has 3 heteroatoms. The Hall–Kier alpha value is -5.41. The third-order valence-electron chi connectivity index (χ3n) is 8.18. The van der Waals surface area contributed by atoms with Gasteiger partial charge in [0.2, 0.25) is 0 Å². The molecule has 0 saturated heterocycles. The molecule has 186 valence electrons. The van der Waals surface area contributed by atoms with Gasteiger partial charge in [0.15, 0.2) is 5.58 Å². The SMILES string of the molecule is c1ccc2c(-c3ccc(-c4ccc5oc6c7ccccc7c7nc8ccccc8n7c6c5c4)cc3)cccc2c1. The predicted molar refractivity (Wildman–Crippen MR) is 166 cm³/mol. The summed E-state index contributed by atoms with van der Waals surface area (Å²) in [5, 5.41) is 5.79. The van der Waals surface area contributed by atoms with E-state index in [0.29, 0.717) is 0 Å². The van der Waals surface area contributed by atoms with E-state index in [2.05, 4.69) is 132 Å². The molecule has 0 saturated carbocycles. The molecule has 6 aromatic carbocycles. The summed E-state index contributed by atoms with van der Waals surface area (Å²) in [4.78, 5) is 5.04. The molecule has 3 aromatic heterocycles. The Morgan fingerprint density at radius 3 is 2.12 bits per heavy atom. The third kappa shape index (κ3) is 2.97. The highest BCUT2D eigenvalue weighted by Gasteiger charge is 2.19. The summed E-state index contributed by atoms with van der Waals surface area (Å²) in [7, 11) is 0. The fourth-order valence-electron chi connectivity index (χ4n) is 6.30. The zero-order valence-electron chi connectivity index (χ0n) is 21.5. The molecular weight excluding hydrogens is 488 g/mol. The number of aromatic nitrogens is 2. The summed E-state index contributed by atoms with van der Waals surface area (Å²) in [6.45, 7) is 0. The molecule has 9 rings (SSSR count). The maximum atomic E-state index is 6.55. The van der Waals surface area contributed by atoms with E-state index in [9.17, 15) is 0 Å². The molecule has 3 heterocycles. The molecule has 40 heavy (non-hydrogen) atoms. The van der Waals surface area contributed by atoms with Crippen LogP contribution in [0.4, 0.5) is 0 Å².